The van der Waals surface area contributed by atoms with E-state index in [0.717, 1.165) is 70.4 Å². The van der Waals surface area contributed by atoms with Crippen LogP contribution in [0.4, 0.5) is 17.2 Å². The molecule has 2 aliphatic heterocycles. The normalized spacial score (nSPS) is 19.6. The molecule has 2 aliphatic rings. The average molecular weight is 506 g/mol. The molecule has 3 aromatic rings. The van der Waals surface area contributed by atoms with E-state index in [9.17, 15) is 4.55 Å². The zero-order valence-corrected chi connectivity index (χ0v) is 22.1. The minimum absolute atomic E-state index is 0.322. The summed E-state index contributed by atoms with van der Waals surface area (Å²) in [5.41, 5.74) is 13.1. The predicted molar refractivity (Wildman–Crippen MR) is 146 cm³/mol. The Hall–Kier alpha value is -2.85. The van der Waals surface area contributed by atoms with E-state index in [-0.39, 0.29) is 0 Å². The number of hydrazine groups is 1. The lowest BCUT2D eigenvalue weighted by molar-refractivity contribution is 0.378. The van der Waals surface area contributed by atoms with Gasteiger partial charge in [-0.05, 0) is 68.5 Å². The van der Waals surface area contributed by atoms with Crippen LogP contribution >= 0.6 is 0 Å². The van der Waals surface area contributed by atoms with Crippen molar-refractivity contribution in [2.75, 3.05) is 35.3 Å². The van der Waals surface area contributed by atoms with E-state index in [1.165, 1.54) is 0 Å². The molecule has 36 heavy (non-hydrogen) atoms. The second-order valence-electron chi connectivity index (χ2n) is 9.70. The fourth-order valence-corrected chi connectivity index (χ4v) is 6.56. The van der Waals surface area contributed by atoms with Crippen LogP contribution in [0.25, 0.3) is 0 Å². The summed E-state index contributed by atoms with van der Waals surface area (Å²) in [5.74, 6) is 6.95. The van der Waals surface area contributed by atoms with Gasteiger partial charge in [-0.3, -0.25) is 4.98 Å². The summed E-state index contributed by atoms with van der Waals surface area (Å²) in [6, 6.07) is 12.4. The summed E-state index contributed by atoms with van der Waals surface area (Å²) in [6.45, 7) is 9.02. The van der Waals surface area contributed by atoms with E-state index in [1.54, 1.807) is 11.2 Å². The molecule has 0 bridgehead atoms. The molecule has 4 heterocycles. The van der Waals surface area contributed by atoms with Crippen molar-refractivity contribution in [1.82, 2.24) is 14.3 Å². The molecular weight excluding hydrogens is 470 g/mol. The van der Waals surface area contributed by atoms with Gasteiger partial charge in [-0.2, -0.15) is 0 Å². The van der Waals surface area contributed by atoms with Gasteiger partial charge in [0.1, 0.15) is 0 Å². The lowest BCUT2D eigenvalue weighted by Crippen LogP contribution is -2.39. The van der Waals surface area contributed by atoms with Crippen LogP contribution in [0, 0.1) is 13.8 Å². The molecular formula is C27H35N7OS. The van der Waals surface area contributed by atoms with Crippen molar-refractivity contribution in [1.29, 1.82) is 0 Å². The minimum atomic E-state index is -1.29. The molecule has 0 saturated carbocycles. The van der Waals surface area contributed by atoms with E-state index in [1.807, 2.05) is 32.0 Å². The molecule has 2 atom stereocenters. The van der Waals surface area contributed by atoms with Gasteiger partial charge in [0.2, 0.25) is 4.90 Å². The van der Waals surface area contributed by atoms with Crippen LogP contribution in [0.15, 0.2) is 47.5 Å². The second kappa shape index (κ2) is 10.3. The van der Waals surface area contributed by atoms with Crippen molar-refractivity contribution in [2.45, 2.75) is 57.5 Å². The summed E-state index contributed by atoms with van der Waals surface area (Å²) in [5, 5.41) is 1.66. The highest BCUT2D eigenvalue weighted by molar-refractivity contribution is 7.89. The number of hydrogen-bond acceptors (Lipinski definition) is 8. The number of nitrogens with zero attached hydrogens (tertiary/aromatic N) is 5. The Balaban J connectivity index is 1.40. The van der Waals surface area contributed by atoms with Crippen LogP contribution < -0.4 is 21.5 Å². The molecule has 5 rings (SSSR count). The van der Waals surface area contributed by atoms with E-state index < -0.39 is 11.4 Å². The van der Waals surface area contributed by atoms with Crippen molar-refractivity contribution in [3.8, 4) is 0 Å². The van der Waals surface area contributed by atoms with Gasteiger partial charge in [0.05, 0.1) is 41.5 Å². The van der Waals surface area contributed by atoms with E-state index in [0.29, 0.717) is 31.2 Å². The fraction of sp³-hybridized carbons (Fsp3) is 0.407. The Bertz CT molecular complexity index is 1250. The number of anilines is 3. The topological polar surface area (TPSA) is 111 Å². The molecule has 2 unspecified atom stereocenters. The van der Waals surface area contributed by atoms with Crippen LogP contribution in [0.3, 0.4) is 0 Å². The molecule has 2 aromatic heterocycles. The van der Waals surface area contributed by atoms with E-state index in [4.69, 9.17) is 16.6 Å². The van der Waals surface area contributed by atoms with Crippen LogP contribution in [0.5, 0.6) is 0 Å². The summed E-state index contributed by atoms with van der Waals surface area (Å²) in [4.78, 5) is 12.8. The van der Waals surface area contributed by atoms with Gasteiger partial charge in [-0.25, -0.2) is 10.8 Å². The molecule has 1 saturated heterocycles. The first kappa shape index (κ1) is 24.8. The van der Waals surface area contributed by atoms with Gasteiger partial charge in [-0.15, -0.1) is 4.31 Å². The molecule has 0 amide bonds. The molecule has 4 N–H and O–H groups in total. The van der Waals surface area contributed by atoms with Crippen molar-refractivity contribution in [3.63, 3.8) is 0 Å². The van der Waals surface area contributed by atoms with Gasteiger partial charge in [0.25, 0.3) is 0 Å². The lowest BCUT2D eigenvalue weighted by atomic mass is 10.00. The first-order valence-electron chi connectivity index (χ1n) is 12.6. The quantitative estimate of drug-likeness (QED) is 0.227. The number of aromatic nitrogens is 2. The van der Waals surface area contributed by atoms with E-state index in [2.05, 4.69) is 39.3 Å². The van der Waals surface area contributed by atoms with E-state index >= 15 is 0 Å². The lowest BCUT2D eigenvalue weighted by Gasteiger charge is -2.25. The Morgan fingerprint density at radius 2 is 2.03 bits per heavy atom. The number of rotatable bonds is 6. The molecule has 190 valence electrons. The van der Waals surface area contributed by atoms with Crippen molar-refractivity contribution in [3.05, 3.63) is 70.7 Å². The van der Waals surface area contributed by atoms with Gasteiger partial charge in [-0.1, -0.05) is 12.1 Å². The Morgan fingerprint density at radius 1 is 1.19 bits per heavy atom. The second-order valence-corrected chi connectivity index (χ2v) is 11.2. The maximum absolute atomic E-state index is 13.7. The minimum Gasteiger partial charge on any atom is -0.593 e. The molecule has 0 aliphatic carbocycles. The number of nitrogens with two attached hydrogens (primary N) is 2. The monoisotopic (exact) mass is 505 g/mol. The predicted octanol–water partition coefficient (Wildman–Crippen LogP) is 3.47. The van der Waals surface area contributed by atoms with Crippen LogP contribution in [0.2, 0.25) is 0 Å². The third kappa shape index (κ3) is 4.64. The summed E-state index contributed by atoms with van der Waals surface area (Å²) < 4.78 is 15.7. The maximum Gasteiger partial charge on any atom is 0.216 e. The van der Waals surface area contributed by atoms with Crippen LogP contribution in [0.1, 0.15) is 47.8 Å². The summed E-state index contributed by atoms with van der Waals surface area (Å²) in [6.07, 6.45) is 4.69. The summed E-state index contributed by atoms with van der Waals surface area (Å²) >= 11 is -1.29. The highest BCUT2D eigenvalue weighted by atomic mass is 32.2. The van der Waals surface area contributed by atoms with Gasteiger partial charge < -0.3 is 20.2 Å². The zero-order valence-electron chi connectivity index (χ0n) is 21.3. The Kier molecular flexibility index (Phi) is 7.07. The smallest absolute Gasteiger partial charge is 0.216 e. The molecule has 1 aromatic carbocycles. The molecule has 0 radical (unpaired) electrons. The molecule has 8 nitrogen and oxygen atoms in total. The highest BCUT2D eigenvalue weighted by Gasteiger charge is 2.40. The number of benzene rings is 1. The number of nitrogen functional groups attached to an aromatic ring is 1. The zero-order chi connectivity index (χ0) is 25.4. The van der Waals surface area contributed by atoms with Gasteiger partial charge >= 0.3 is 0 Å². The van der Waals surface area contributed by atoms with Gasteiger partial charge in [0.15, 0.2) is 5.82 Å². The third-order valence-electron chi connectivity index (χ3n) is 7.45. The highest BCUT2D eigenvalue weighted by Crippen LogP contribution is 2.36. The van der Waals surface area contributed by atoms with Crippen molar-refractivity contribution >= 4 is 28.6 Å². The average Bonchev–Trinajstić information content (AvgIpc) is 3.31. The van der Waals surface area contributed by atoms with Gasteiger partial charge in [0, 0.05) is 43.5 Å². The number of pyridine rings is 2. The first-order chi connectivity index (χ1) is 17.4. The number of hydrogen-bond donors (Lipinski definition) is 2. The van der Waals surface area contributed by atoms with Crippen molar-refractivity contribution < 1.29 is 4.55 Å². The largest absolute Gasteiger partial charge is 0.593 e. The maximum atomic E-state index is 13.7. The number of fused-ring (bicyclic) bond motifs is 3. The SMILES string of the molecule is CCN(N)c1ccc(Cc2ccc(C)c(CN3CC4CCCN4c4ncccc4[S+]3[O-])n2)c(C)c1N. The Morgan fingerprint density at radius 3 is 2.83 bits per heavy atom. The van der Waals surface area contributed by atoms with Crippen molar-refractivity contribution in [2.24, 2.45) is 5.84 Å². The summed E-state index contributed by atoms with van der Waals surface area (Å²) in [7, 11) is 0. The fourth-order valence-electron chi connectivity index (χ4n) is 5.21. The first-order valence-corrected chi connectivity index (χ1v) is 13.7. The number of aryl methyl sites for hydroxylation is 1. The molecule has 9 heteroatoms. The van der Waals surface area contributed by atoms with Crippen LogP contribution in [-0.4, -0.2) is 44.5 Å². The molecule has 1 fully saturated rings. The Labute approximate surface area is 216 Å². The standard InChI is InChI=1S/C27H35N7OS/c1-4-34(29)24-12-10-20(19(3)26(24)28)15-21-11-9-18(2)23(31-21)17-32-16-22-7-6-14-33(22)27-25(36(32)35)8-5-13-30-27/h5,8-13,22H,4,6-7,14-17,28-29H2,1-3H3. The molecule has 0 spiro atoms. The third-order valence-corrected chi connectivity index (χ3v) is 8.89. The van der Waals surface area contributed by atoms with Crippen LogP contribution in [-0.2, 0) is 24.3 Å².